The van der Waals surface area contributed by atoms with Crippen molar-refractivity contribution in [2.24, 2.45) is 0 Å². The number of hydrogen-bond donors (Lipinski definition) is 1. The zero-order chi connectivity index (χ0) is 24.5. The number of benzene rings is 3. The number of nitrogens with one attached hydrogen (secondary N) is 1. The summed E-state index contributed by atoms with van der Waals surface area (Å²) in [5.41, 5.74) is 4.09. The second-order valence-corrected chi connectivity index (χ2v) is 8.59. The Hall–Kier alpha value is -3.91. The van der Waals surface area contributed by atoms with Crippen molar-refractivity contribution in [3.05, 3.63) is 71.0 Å². The summed E-state index contributed by atoms with van der Waals surface area (Å²) in [5, 5.41) is 3.65. The average Bonchev–Trinajstić information content (AvgIpc) is 3.24. The van der Waals surface area contributed by atoms with Gasteiger partial charge in [-0.2, -0.15) is 0 Å². The highest BCUT2D eigenvalue weighted by Crippen LogP contribution is 2.38. The molecule has 1 N–H and O–H groups in total. The number of carbonyl (C=O) groups is 1. The highest BCUT2D eigenvalue weighted by Gasteiger charge is 2.21. The molecule has 180 valence electrons. The van der Waals surface area contributed by atoms with Crippen molar-refractivity contribution in [3.8, 4) is 17.2 Å². The molecule has 1 aliphatic rings. The Balaban J connectivity index is 1.36. The third kappa shape index (κ3) is 4.33. The topological polar surface area (TPSA) is 77.9 Å². The van der Waals surface area contributed by atoms with E-state index < -0.39 is 0 Å². The van der Waals surface area contributed by atoms with Gasteiger partial charge in [0, 0.05) is 35.1 Å². The Kier molecular flexibility index (Phi) is 6.13. The van der Waals surface area contributed by atoms with Gasteiger partial charge in [-0.3, -0.25) is 4.79 Å². The van der Waals surface area contributed by atoms with Crippen LogP contribution in [0, 0.1) is 0 Å². The van der Waals surface area contributed by atoms with E-state index in [0.717, 1.165) is 35.6 Å². The van der Waals surface area contributed by atoms with E-state index in [1.165, 1.54) is 21.3 Å². The van der Waals surface area contributed by atoms with Crippen molar-refractivity contribution < 1.29 is 19.0 Å². The van der Waals surface area contributed by atoms with Gasteiger partial charge >= 0.3 is 0 Å². The first-order valence-corrected chi connectivity index (χ1v) is 11.5. The van der Waals surface area contributed by atoms with Gasteiger partial charge in [-0.1, -0.05) is 17.7 Å². The Morgan fingerprint density at radius 3 is 2.46 bits per heavy atom. The number of aromatic nitrogens is 2. The van der Waals surface area contributed by atoms with Crippen LogP contribution in [0.3, 0.4) is 0 Å². The number of hydrogen-bond acceptors (Lipinski definition) is 6. The lowest BCUT2D eigenvalue weighted by molar-refractivity contribution is 0.102. The van der Waals surface area contributed by atoms with Gasteiger partial charge < -0.3 is 29.0 Å². The van der Waals surface area contributed by atoms with Crippen LogP contribution in [0.25, 0.3) is 11.0 Å². The number of imidazole rings is 1. The summed E-state index contributed by atoms with van der Waals surface area (Å²) in [5.74, 6) is 1.98. The molecule has 1 amide bonds. The highest BCUT2D eigenvalue weighted by molar-refractivity contribution is 6.31. The van der Waals surface area contributed by atoms with Crippen LogP contribution in [-0.4, -0.2) is 43.3 Å². The summed E-state index contributed by atoms with van der Waals surface area (Å²) in [6, 6.07) is 16.8. The second-order valence-electron chi connectivity index (χ2n) is 8.15. The summed E-state index contributed by atoms with van der Waals surface area (Å²) in [4.78, 5) is 20.1. The number of methoxy groups -OCH3 is 3. The first-order chi connectivity index (χ1) is 17.0. The minimum Gasteiger partial charge on any atom is -0.493 e. The number of rotatable bonds is 6. The largest absolute Gasteiger partial charge is 0.493 e. The zero-order valence-electron chi connectivity index (χ0n) is 19.7. The fraction of sp³-hybridized carbons (Fsp3) is 0.231. The Morgan fingerprint density at radius 2 is 1.74 bits per heavy atom. The molecule has 1 aliphatic heterocycles. The van der Waals surface area contributed by atoms with E-state index in [4.69, 9.17) is 30.8 Å². The number of halogens is 1. The van der Waals surface area contributed by atoms with Gasteiger partial charge in [-0.25, -0.2) is 4.98 Å². The maximum atomic E-state index is 13.0. The molecular formula is C26H25ClN4O4. The molecule has 0 fully saturated rings. The number of carbonyl (C=O) groups excluding carboxylic acids is 1. The lowest BCUT2D eigenvalue weighted by Crippen LogP contribution is -2.33. The first-order valence-electron chi connectivity index (χ1n) is 11.1. The summed E-state index contributed by atoms with van der Waals surface area (Å²) in [6.45, 7) is 2.30. The van der Waals surface area contributed by atoms with E-state index in [1.807, 2.05) is 42.5 Å². The van der Waals surface area contributed by atoms with E-state index in [2.05, 4.69) is 14.8 Å². The number of anilines is 2. The second kappa shape index (κ2) is 9.38. The summed E-state index contributed by atoms with van der Waals surface area (Å²) in [6.07, 6.45) is 0. The minimum absolute atomic E-state index is 0.279. The Bertz CT molecular complexity index is 1390. The molecule has 4 aromatic rings. The van der Waals surface area contributed by atoms with E-state index >= 15 is 0 Å². The van der Waals surface area contributed by atoms with Gasteiger partial charge in [0.1, 0.15) is 5.82 Å². The van der Waals surface area contributed by atoms with Gasteiger partial charge in [0.25, 0.3) is 5.91 Å². The van der Waals surface area contributed by atoms with Crippen LogP contribution < -0.4 is 24.4 Å². The van der Waals surface area contributed by atoms with Crippen molar-refractivity contribution in [1.29, 1.82) is 0 Å². The molecule has 9 heteroatoms. The molecule has 2 heterocycles. The normalized spacial score (nSPS) is 12.9. The lowest BCUT2D eigenvalue weighted by Gasteiger charge is -2.30. The maximum absolute atomic E-state index is 13.0. The van der Waals surface area contributed by atoms with E-state index in [0.29, 0.717) is 40.1 Å². The van der Waals surface area contributed by atoms with Gasteiger partial charge in [0.15, 0.2) is 11.5 Å². The molecule has 0 bridgehead atoms. The summed E-state index contributed by atoms with van der Waals surface area (Å²) < 4.78 is 18.3. The number of nitrogens with zero attached hydrogens (tertiary/aromatic N) is 3. The van der Waals surface area contributed by atoms with E-state index in [-0.39, 0.29) is 5.91 Å². The molecule has 3 aromatic carbocycles. The van der Waals surface area contributed by atoms with Crippen molar-refractivity contribution in [2.75, 3.05) is 38.1 Å². The Labute approximate surface area is 208 Å². The molecule has 1 aromatic heterocycles. The van der Waals surface area contributed by atoms with Gasteiger partial charge in [-0.15, -0.1) is 0 Å². The smallest absolute Gasteiger partial charge is 0.255 e. The zero-order valence-corrected chi connectivity index (χ0v) is 20.4. The SMILES string of the molecule is COc1cc(C(=O)Nc2cccc(N3CCn4c(nc5cc(Cl)ccc54)C3)c2)cc(OC)c1OC. The van der Waals surface area contributed by atoms with Gasteiger partial charge in [-0.05, 0) is 48.5 Å². The number of amides is 1. The molecule has 0 saturated carbocycles. The molecular weight excluding hydrogens is 468 g/mol. The molecule has 0 spiro atoms. The van der Waals surface area contributed by atoms with Crippen molar-refractivity contribution in [3.63, 3.8) is 0 Å². The molecule has 0 atom stereocenters. The van der Waals surface area contributed by atoms with Crippen LogP contribution in [0.5, 0.6) is 17.2 Å². The average molecular weight is 493 g/mol. The van der Waals surface area contributed by atoms with E-state index in [9.17, 15) is 4.79 Å². The molecule has 0 unspecified atom stereocenters. The molecule has 0 saturated heterocycles. The van der Waals surface area contributed by atoms with Crippen LogP contribution in [0.4, 0.5) is 11.4 Å². The quantitative estimate of drug-likeness (QED) is 0.408. The van der Waals surface area contributed by atoms with Crippen LogP contribution in [0.1, 0.15) is 16.2 Å². The van der Waals surface area contributed by atoms with Crippen LogP contribution >= 0.6 is 11.6 Å². The molecule has 0 radical (unpaired) electrons. The van der Waals surface area contributed by atoms with Gasteiger partial charge in [0.05, 0.1) is 38.9 Å². The highest BCUT2D eigenvalue weighted by atomic mass is 35.5. The van der Waals surface area contributed by atoms with Crippen molar-refractivity contribution in [2.45, 2.75) is 13.1 Å². The number of fused-ring (bicyclic) bond motifs is 3. The molecule has 5 rings (SSSR count). The monoisotopic (exact) mass is 492 g/mol. The van der Waals surface area contributed by atoms with Crippen LogP contribution in [0.2, 0.25) is 5.02 Å². The summed E-state index contributed by atoms with van der Waals surface area (Å²) in [7, 11) is 4.56. The molecule has 35 heavy (non-hydrogen) atoms. The summed E-state index contributed by atoms with van der Waals surface area (Å²) >= 11 is 6.14. The fourth-order valence-electron chi connectivity index (χ4n) is 4.41. The predicted octanol–water partition coefficient (Wildman–Crippen LogP) is 4.99. The van der Waals surface area contributed by atoms with Crippen LogP contribution in [0.15, 0.2) is 54.6 Å². The van der Waals surface area contributed by atoms with Crippen LogP contribution in [-0.2, 0) is 13.1 Å². The first kappa shape index (κ1) is 22.9. The third-order valence-corrected chi connectivity index (χ3v) is 6.35. The third-order valence-electron chi connectivity index (χ3n) is 6.11. The van der Waals surface area contributed by atoms with E-state index in [1.54, 1.807) is 12.1 Å². The van der Waals surface area contributed by atoms with Crippen molar-refractivity contribution in [1.82, 2.24) is 9.55 Å². The molecule has 8 nitrogen and oxygen atoms in total. The van der Waals surface area contributed by atoms with Gasteiger partial charge in [0.2, 0.25) is 5.75 Å². The minimum atomic E-state index is -0.279. The number of ether oxygens (including phenoxy) is 3. The Morgan fingerprint density at radius 1 is 0.971 bits per heavy atom. The lowest BCUT2D eigenvalue weighted by atomic mass is 10.1. The molecule has 0 aliphatic carbocycles. The van der Waals surface area contributed by atoms with Crippen molar-refractivity contribution >= 4 is 39.9 Å². The maximum Gasteiger partial charge on any atom is 0.255 e. The predicted molar refractivity (Wildman–Crippen MR) is 136 cm³/mol. The standard InChI is InChI=1S/C26H25ClN4O4/c1-33-22-11-16(12-23(34-2)25(22)35-3)26(32)28-18-5-4-6-19(14-18)30-9-10-31-21-8-7-17(27)13-20(21)29-24(31)15-30/h4-8,11-14H,9-10,15H2,1-3H3,(H,28,32). The fourth-order valence-corrected chi connectivity index (χ4v) is 4.58.